The van der Waals surface area contributed by atoms with Crippen LogP contribution in [0.3, 0.4) is 0 Å². The van der Waals surface area contributed by atoms with E-state index >= 15 is 0 Å². The van der Waals surface area contributed by atoms with Crippen molar-refractivity contribution >= 4 is 30.7 Å². The Kier molecular flexibility index (Phi) is 5.56. The maximum Gasteiger partial charge on any atom is 0.290 e. The third-order valence-corrected chi connectivity index (χ3v) is 2.74. The predicted molar refractivity (Wildman–Crippen MR) is 69.7 cm³/mol. The van der Waals surface area contributed by atoms with Crippen molar-refractivity contribution in [1.82, 2.24) is 0 Å². The average Bonchev–Trinajstić information content (AvgIpc) is 2.74. The molecule has 0 aliphatic carbocycles. The monoisotopic (exact) mass is 253 g/mol. The summed E-state index contributed by atoms with van der Waals surface area (Å²) in [6, 6.07) is 8.10. The fraction of sp³-hybridized carbons (Fsp3) is 0.333. The minimum Gasteiger partial charge on any atom is -0.483 e. The zero-order valence-corrected chi connectivity index (χ0v) is 10.3. The molecule has 0 bridgehead atoms. The molecule has 1 aliphatic rings. The summed E-state index contributed by atoms with van der Waals surface area (Å²) in [4.78, 5) is 21.9. The average molecular weight is 253 g/mol. The number of fused-ring (bicyclic) bond motifs is 1. The lowest BCUT2D eigenvalue weighted by Gasteiger charge is -2.16. The van der Waals surface area contributed by atoms with E-state index in [1.54, 1.807) is 0 Å². The van der Waals surface area contributed by atoms with E-state index in [9.17, 15) is 4.79 Å². The standard InChI is InChI=1S/C11H13NOS.CH2O2/c13-11(6-8-14)12-7-5-9-3-1-2-4-10(9)12;2-1-3/h1-4,14H,5-8H2;1H,(H,2,3). The third-order valence-electron chi connectivity index (χ3n) is 2.51. The molecule has 1 N–H and O–H groups in total. The van der Waals surface area contributed by atoms with Gasteiger partial charge in [0.25, 0.3) is 6.47 Å². The van der Waals surface area contributed by atoms with Gasteiger partial charge in [-0.25, -0.2) is 0 Å². The Balaban J connectivity index is 0.000000437. The molecular formula is C12H15NO3S. The molecule has 0 atom stereocenters. The number of benzene rings is 1. The van der Waals surface area contributed by atoms with Gasteiger partial charge in [-0.1, -0.05) is 18.2 Å². The summed E-state index contributed by atoms with van der Waals surface area (Å²) >= 11 is 4.08. The van der Waals surface area contributed by atoms with Gasteiger partial charge in [-0.2, -0.15) is 12.6 Å². The van der Waals surface area contributed by atoms with E-state index in [1.807, 2.05) is 23.1 Å². The summed E-state index contributed by atoms with van der Waals surface area (Å²) in [5, 5.41) is 6.89. The van der Waals surface area contributed by atoms with Crippen molar-refractivity contribution in [1.29, 1.82) is 0 Å². The molecule has 0 fully saturated rings. The Hall–Kier alpha value is -1.49. The molecular weight excluding hydrogens is 238 g/mol. The van der Waals surface area contributed by atoms with Crippen LogP contribution < -0.4 is 4.90 Å². The van der Waals surface area contributed by atoms with Gasteiger partial charge in [-0.05, 0) is 23.8 Å². The number of amides is 1. The third kappa shape index (κ3) is 3.49. The smallest absolute Gasteiger partial charge is 0.290 e. The minimum absolute atomic E-state index is 0.185. The van der Waals surface area contributed by atoms with Gasteiger partial charge in [0.1, 0.15) is 0 Å². The number of carboxylic acid groups (broad SMARTS) is 1. The first-order chi connectivity index (χ1) is 8.24. The molecule has 0 saturated carbocycles. The quantitative estimate of drug-likeness (QED) is 0.621. The molecule has 0 radical (unpaired) electrons. The van der Waals surface area contributed by atoms with Gasteiger partial charge >= 0.3 is 0 Å². The van der Waals surface area contributed by atoms with Gasteiger partial charge in [-0.15, -0.1) is 0 Å². The maximum absolute atomic E-state index is 11.7. The van der Waals surface area contributed by atoms with Crippen LogP contribution in [0.4, 0.5) is 5.69 Å². The summed E-state index contributed by atoms with van der Waals surface area (Å²) in [5.74, 6) is 0.808. The van der Waals surface area contributed by atoms with Gasteiger partial charge in [-0.3, -0.25) is 9.59 Å². The fourth-order valence-corrected chi connectivity index (χ4v) is 2.02. The molecule has 5 heteroatoms. The van der Waals surface area contributed by atoms with Crippen molar-refractivity contribution in [3.05, 3.63) is 29.8 Å². The first kappa shape index (κ1) is 13.6. The number of carbonyl (C=O) groups excluding carboxylic acids is 1. The second-order valence-corrected chi connectivity index (χ2v) is 3.95. The van der Waals surface area contributed by atoms with E-state index in [2.05, 4.69) is 18.7 Å². The SMILES string of the molecule is O=C(CCS)N1CCc2ccccc21.O=CO. The first-order valence-electron chi connectivity index (χ1n) is 5.31. The van der Waals surface area contributed by atoms with E-state index < -0.39 is 0 Å². The Labute approximate surface area is 106 Å². The molecule has 2 rings (SSSR count). The van der Waals surface area contributed by atoms with Crippen molar-refractivity contribution in [2.45, 2.75) is 12.8 Å². The highest BCUT2D eigenvalue weighted by Gasteiger charge is 2.22. The highest BCUT2D eigenvalue weighted by molar-refractivity contribution is 7.80. The summed E-state index contributed by atoms with van der Waals surface area (Å²) in [7, 11) is 0. The number of anilines is 1. The van der Waals surface area contributed by atoms with E-state index in [0.29, 0.717) is 12.2 Å². The zero-order valence-electron chi connectivity index (χ0n) is 9.37. The van der Waals surface area contributed by atoms with Gasteiger partial charge < -0.3 is 10.0 Å². The molecule has 17 heavy (non-hydrogen) atoms. The zero-order chi connectivity index (χ0) is 12.7. The van der Waals surface area contributed by atoms with Crippen molar-refractivity contribution in [3.63, 3.8) is 0 Å². The number of para-hydroxylation sites is 1. The Morgan fingerprint density at radius 2 is 2.12 bits per heavy atom. The lowest BCUT2D eigenvalue weighted by atomic mass is 10.2. The molecule has 0 spiro atoms. The molecule has 0 unspecified atom stereocenters. The molecule has 1 aliphatic heterocycles. The first-order valence-corrected chi connectivity index (χ1v) is 5.94. The molecule has 1 amide bonds. The number of thiol groups is 1. The fourth-order valence-electron chi connectivity index (χ4n) is 1.83. The van der Waals surface area contributed by atoms with Crippen LogP contribution in [0.15, 0.2) is 24.3 Å². The van der Waals surface area contributed by atoms with Crippen LogP contribution in [0, 0.1) is 0 Å². The summed E-state index contributed by atoms with van der Waals surface area (Å²) in [6.07, 6.45) is 1.51. The topological polar surface area (TPSA) is 57.6 Å². The van der Waals surface area contributed by atoms with Crippen LogP contribution in [0.2, 0.25) is 0 Å². The summed E-state index contributed by atoms with van der Waals surface area (Å²) < 4.78 is 0. The number of rotatable bonds is 2. The Bertz CT molecular complexity index is 395. The number of nitrogens with zero attached hydrogens (tertiary/aromatic N) is 1. The lowest BCUT2D eigenvalue weighted by Crippen LogP contribution is -2.28. The van der Waals surface area contributed by atoms with Gasteiger partial charge in [0.2, 0.25) is 5.91 Å². The predicted octanol–water partition coefficient (Wildman–Crippen LogP) is 1.60. The van der Waals surface area contributed by atoms with Crippen LogP contribution in [-0.2, 0) is 16.0 Å². The summed E-state index contributed by atoms with van der Waals surface area (Å²) in [6.45, 7) is 0.575. The normalized spacial score (nSPS) is 12.4. The van der Waals surface area contributed by atoms with E-state index in [1.165, 1.54) is 5.56 Å². The van der Waals surface area contributed by atoms with Gasteiger partial charge in [0.05, 0.1) is 0 Å². The summed E-state index contributed by atoms with van der Waals surface area (Å²) in [5.41, 5.74) is 2.36. The molecule has 92 valence electrons. The lowest BCUT2D eigenvalue weighted by molar-refractivity contribution is -0.123. The Morgan fingerprint density at radius 1 is 1.47 bits per heavy atom. The molecule has 0 aromatic heterocycles. The van der Waals surface area contributed by atoms with Crippen LogP contribution in [0.1, 0.15) is 12.0 Å². The second-order valence-electron chi connectivity index (χ2n) is 3.50. The van der Waals surface area contributed by atoms with Crippen molar-refractivity contribution in [3.8, 4) is 0 Å². The molecule has 1 aromatic carbocycles. The van der Waals surface area contributed by atoms with E-state index in [-0.39, 0.29) is 12.4 Å². The number of hydrogen-bond donors (Lipinski definition) is 2. The number of carbonyl (C=O) groups is 2. The highest BCUT2D eigenvalue weighted by Crippen LogP contribution is 2.27. The van der Waals surface area contributed by atoms with Crippen molar-refractivity contribution in [2.75, 3.05) is 17.2 Å². The maximum atomic E-state index is 11.7. The van der Waals surface area contributed by atoms with Crippen LogP contribution in [-0.4, -0.2) is 29.8 Å². The molecule has 1 aromatic rings. The molecule has 1 heterocycles. The van der Waals surface area contributed by atoms with Crippen LogP contribution >= 0.6 is 12.6 Å². The Morgan fingerprint density at radius 3 is 2.76 bits per heavy atom. The minimum atomic E-state index is -0.250. The van der Waals surface area contributed by atoms with Crippen LogP contribution in [0.5, 0.6) is 0 Å². The van der Waals surface area contributed by atoms with Crippen molar-refractivity contribution in [2.24, 2.45) is 0 Å². The molecule has 4 nitrogen and oxygen atoms in total. The second kappa shape index (κ2) is 6.96. The van der Waals surface area contributed by atoms with E-state index in [0.717, 1.165) is 18.7 Å². The van der Waals surface area contributed by atoms with Gasteiger partial charge in [0.15, 0.2) is 0 Å². The number of hydrogen-bond acceptors (Lipinski definition) is 3. The molecule has 0 saturated heterocycles. The highest BCUT2D eigenvalue weighted by atomic mass is 32.1. The van der Waals surface area contributed by atoms with Gasteiger partial charge in [0, 0.05) is 18.7 Å². The van der Waals surface area contributed by atoms with Crippen molar-refractivity contribution < 1.29 is 14.7 Å². The van der Waals surface area contributed by atoms with Crippen LogP contribution in [0.25, 0.3) is 0 Å². The van der Waals surface area contributed by atoms with E-state index in [4.69, 9.17) is 9.90 Å². The largest absolute Gasteiger partial charge is 0.483 e.